The van der Waals surface area contributed by atoms with E-state index < -0.39 is 18.4 Å². The molecule has 7 aromatic heterocycles. The fourth-order valence-corrected chi connectivity index (χ4v) is 7.03. The summed E-state index contributed by atoms with van der Waals surface area (Å²) in [5.74, 6) is -0.463. The lowest BCUT2D eigenvalue weighted by Gasteiger charge is -2.06. The molecule has 0 radical (unpaired) electrons. The largest absolute Gasteiger partial charge is 0.465 e. The summed E-state index contributed by atoms with van der Waals surface area (Å²) in [6.07, 6.45) is 8.15. The number of aromatic nitrogens is 14. The van der Waals surface area contributed by atoms with Crippen molar-refractivity contribution in [3.8, 4) is 21.9 Å². The molecule has 7 heterocycles. The maximum Gasteiger partial charge on any atom is 0.343 e. The average Bonchev–Trinajstić information content (AvgIpc) is 4.12. The fourth-order valence-electron chi connectivity index (χ4n) is 5.73. The molecule has 0 aliphatic rings. The van der Waals surface area contributed by atoms with Gasteiger partial charge in [-0.3, -0.25) is 4.79 Å². The lowest BCUT2D eigenvalue weighted by atomic mass is 10.2. The first kappa shape index (κ1) is 41.1. The Hall–Kier alpha value is -7.06. The number of rotatable bonds is 17. The molecule has 60 heavy (non-hydrogen) atoms. The van der Waals surface area contributed by atoms with Crippen LogP contribution < -0.4 is 11.5 Å². The summed E-state index contributed by atoms with van der Waals surface area (Å²) in [4.78, 5) is 34.3. The summed E-state index contributed by atoms with van der Waals surface area (Å²) in [5, 5.41) is 64.0. The van der Waals surface area contributed by atoms with Crippen molar-refractivity contribution in [2.24, 2.45) is 20.5 Å². The Balaban J connectivity index is 1.28. The van der Waals surface area contributed by atoms with Crippen LogP contribution in [0.4, 0.5) is 34.6 Å². The van der Waals surface area contributed by atoms with Gasteiger partial charge in [0.2, 0.25) is 10.3 Å². The normalized spacial score (nSPS) is 11.8. The van der Waals surface area contributed by atoms with E-state index >= 15 is 0 Å². The number of hydrogen-bond donors (Lipinski definition) is 3. The first-order valence-corrected chi connectivity index (χ1v) is 20.1. The molecule has 0 fully saturated rings. The zero-order valence-electron chi connectivity index (χ0n) is 33.0. The number of nitrogens with two attached hydrogens (primary N) is 2. The van der Waals surface area contributed by atoms with E-state index in [1.807, 2.05) is 13.8 Å². The number of aliphatic hydroxyl groups excluding tert-OH is 1. The van der Waals surface area contributed by atoms with Gasteiger partial charge in [-0.15, -0.1) is 40.9 Å². The predicted molar refractivity (Wildman–Crippen MR) is 217 cm³/mol. The summed E-state index contributed by atoms with van der Waals surface area (Å²) >= 11 is 2.49. The number of azo groups is 2. The van der Waals surface area contributed by atoms with Crippen LogP contribution >= 0.6 is 22.7 Å². The molecule has 5 N–H and O–H groups in total. The highest BCUT2D eigenvalue weighted by Crippen LogP contribution is 2.36. The predicted octanol–water partition coefficient (Wildman–Crippen LogP) is 5.18. The number of ether oxygens (including phenoxy) is 1. The zero-order chi connectivity index (χ0) is 42.5. The van der Waals surface area contributed by atoms with E-state index in [0.29, 0.717) is 44.5 Å². The number of nitrogens with zero attached hydrogens (tertiary/aromatic N) is 18. The highest BCUT2D eigenvalue weighted by molar-refractivity contribution is 7.13. The van der Waals surface area contributed by atoms with Gasteiger partial charge in [-0.1, -0.05) is 49.4 Å². The molecule has 0 aliphatic carbocycles. The first-order valence-electron chi connectivity index (χ1n) is 18.5. The Morgan fingerprint density at radius 1 is 0.733 bits per heavy atom. The SMILES string of the molecule is CCCCc1nn(-c2cc(-n3nc(CCCC)c(/N=N/c4c(C(=O)OC)cnn4-c4nnc(C)s4)c3N)ncn2)c(N)c1/N=N/c1c(C(=O)CO)cnn1-c1nnc(C)s1. The van der Waals surface area contributed by atoms with Crippen LogP contribution in [0.25, 0.3) is 21.9 Å². The third-order valence-electron chi connectivity index (χ3n) is 8.76. The van der Waals surface area contributed by atoms with Gasteiger partial charge in [0, 0.05) is 6.07 Å². The smallest absolute Gasteiger partial charge is 0.343 e. The summed E-state index contributed by atoms with van der Waals surface area (Å²) < 4.78 is 10.4. The summed E-state index contributed by atoms with van der Waals surface area (Å²) in [7, 11) is 1.25. The number of Topliss-reactive ketones (excluding diaryl/α,β-unsaturated/α-hetero) is 1. The third-order valence-corrected chi connectivity index (χ3v) is 10.4. The van der Waals surface area contributed by atoms with E-state index in [4.69, 9.17) is 26.4 Å². The quantitative estimate of drug-likeness (QED) is 0.0603. The van der Waals surface area contributed by atoms with Crippen molar-refractivity contribution in [3.63, 3.8) is 0 Å². The number of aryl methyl sites for hydroxylation is 4. The number of esters is 1. The number of anilines is 2. The third kappa shape index (κ3) is 8.14. The monoisotopic (exact) mass is 854 g/mol. The molecule has 7 aromatic rings. The minimum atomic E-state index is -0.764. The molecule has 0 atom stereocenters. The number of methoxy groups -OCH3 is 1. The number of hydrogen-bond acceptors (Lipinski definition) is 22. The van der Waals surface area contributed by atoms with Crippen molar-refractivity contribution >= 4 is 69.1 Å². The fraction of sp³-hybridized carbons (Fsp3) is 0.353. The van der Waals surface area contributed by atoms with Gasteiger partial charge in [0.15, 0.2) is 52.1 Å². The molecule has 0 bridgehead atoms. The van der Waals surface area contributed by atoms with Gasteiger partial charge in [0.25, 0.3) is 0 Å². The summed E-state index contributed by atoms with van der Waals surface area (Å²) in [5.41, 5.74) is 15.1. The van der Waals surface area contributed by atoms with Crippen LogP contribution in [-0.4, -0.2) is 100 Å². The van der Waals surface area contributed by atoms with Gasteiger partial charge in [-0.2, -0.15) is 39.1 Å². The second-order valence-corrected chi connectivity index (χ2v) is 15.2. The van der Waals surface area contributed by atoms with E-state index in [2.05, 4.69) is 61.0 Å². The molecule has 0 aliphatic heterocycles. The Morgan fingerprint density at radius 3 is 1.65 bits per heavy atom. The van der Waals surface area contributed by atoms with E-state index in [0.717, 1.165) is 25.7 Å². The minimum absolute atomic E-state index is 0.0328. The number of nitrogen functional groups attached to an aromatic ring is 2. The maximum absolute atomic E-state index is 12.7. The molecule has 310 valence electrons. The van der Waals surface area contributed by atoms with Crippen LogP contribution in [0, 0.1) is 13.8 Å². The van der Waals surface area contributed by atoms with Crippen LogP contribution in [0.5, 0.6) is 0 Å². The Kier molecular flexibility index (Phi) is 12.2. The van der Waals surface area contributed by atoms with Crippen molar-refractivity contribution in [2.45, 2.75) is 66.2 Å². The van der Waals surface area contributed by atoms with Gasteiger partial charge < -0.3 is 21.3 Å². The van der Waals surface area contributed by atoms with Crippen molar-refractivity contribution in [1.82, 2.24) is 69.5 Å². The standard InChI is InChI=1S/C34H38N20O4S2/c1-6-8-10-21-26(43-45-30-19(23(56)15-55)13-39-53(30)33-47-41-17(3)59-33)28(35)51(49-21)24-12-25(38-16-37-24)52-29(36)27(22(50-52)11-9-7-2)44-46-31-20(32(57)58-5)14-40-54(31)34-48-42-18(4)60-34/h12-14,16,55H,6-11,15,35-36H2,1-5H3/b45-43+,46-44+. The highest BCUT2D eigenvalue weighted by atomic mass is 32.1. The van der Waals surface area contributed by atoms with Crippen LogP contribution in [0.15, 0.2) is 45.2 Å². The van der Waals surface area contributed by atoms with E-state index in [1.54, 1.807) is 19.9 Å². The van der Waals surface area contributed by atoms with Crippen LogP contribution in [0.3, 0.4) is 0 Å². The molecule has 24 nitrogen and oxygen atoms in total. The Morgan fingerprint density at radius 2 is 1.22 bits per heavy atom. The van der Waals surface area contributed by atoms with Gasteiger partial charge >= 0.3 is 5.97 Å². The van der Waals surface area contributed by atoms with E-state index in [1.165, 1.54) is 67.2 Å². The van der Waals surface area contributed by atoms with E-state index in [-0.39, 0.29) is 57.4 Å². The number of aliphatic hydroxyl groups is 1. The van der Waals surface area contributed by atoms with Crippen LogP contribution in [0.1, 0.15) is 81.6 Å². The average molecular weight is 855 g/mol. The zero-order valence-corrected chi connectivity index (χ0v) is 34.6. The summed E-state index contributed by atoms with van der Waals surface area (Å²) in [6.45, 7) is 6.89. The maximum atomic E-state index is 12.7. The van der Waals surface area contributed by atoms with Crippen molar-refractivity contribution in [1.29, 1.82) is 0 Å². The molecule has 0 unspecified atom stereocenters. The molecule has 0 saturated heterocycles. The lowest BCUT2D eigenvalue weighted by molar-refractivity contribution is 0.0601. The Bertz CT molecular complexity index is 2560. The molecule has 7 rings (SSSR count). The van der Waals surface area contributed by atoms with Crippen LogP contribution in [-0.2, 0) is 17.6 Å². The van der Waals surface area contributed by atoms with Crippen molar-refractivity contribution in [3.05, 3.63) is 57.3 Å². The second kappa shape index (κ2) is 17.8. The molecule has 0 amide bonds. The van der Waals surface area contributed by atoms with Gasteiger partial charge in [-0.05, 0) is 39.5 Å². The molecule has 0 aromatic carbocycles. The van der Waals surface area contributed by atoms with Gasteiger partial charge in [0.1, 0.15) is 28.5 Å². The van der Waals surface area contributed by atoms with E-state index in [9.17, 15) is 14.7 Å². The van der Waals surface area contributed by atoms with Crippen LogP contribution in [0.2, 0.25) is 0 Å². The molecule has 0 saturated carbocycles. The molecule has 0 spiro atoms. The van der Waals surface area contributed by atoms with Gasteiger partial charge in [0.05, 0.1) is 36.5 Å². The number of ketones is 1. The molecular formula is C34H38N20O4S2. The molecular weight excluding hydrogens is 817 g/mol. The summed E-state index contributed by atoms with van der Waals surface area (Å²) in [6, 6.07) is 1.59. The lowest BCUT2D eigenvalue weighted by Crippen LogP contribution is -2.09. The highest BCUT2D eigenvalue weighted by Gasteiger charge is 2.25. The van der Waals surface area contributed by atoms with Gasteiger partial charge in [-0.25, -0.2) is 14.8 Å². The number of carbonyl (C=O) groups is 2. The van der Waals surface area contributed by atoms with Crippen molar-refractivity contribution < 1.29 is 19.4 Å². The number of unbranched alkanes of at least 4 members (excludes halogenated alkanes) is 2. The Labute approximate surface area is 348 Å². The molecule has 26 heteroatoms. The first-order chi connectivity index (χ1) is 29.1. The number of carbonyl (C=O) groups excluding carboxylic acids is 2. The second-order valence-electron chi connectivity index (χ2n) is 12.9. The minimum Gasteiger partial charge on any atom is -0.465 e. The van der Waals surface area contributed by atoms with Crippen molar-refractivity contribution in [2.75, 3.05) is 25.2 Å². The topological polar surface area (TPSA) is 314 Å².